The minimum atomic E-state index is 0.160. The summed E-state index contributed by atoms with van der Waals surface area (Å²) in [4.78, 5) is 15.7. The Morgan fingerprint density at radius 2 is 1.73 bits per heavy atom. The number of nitrogens with zero attached hydrogens (tertiary/aromatic N) is 5. The van der Waals surface area contributed by atoms with Crippen molar-refractivity contribution in [2.24, 2.45) is 0 Å². The van der Waals surface area contributed by atoms with Crippen molar-refractivity contribution in [3.05, 3.63) is 6.33 Å². The van der Waals surface area contributed by atoms with Crippen LogP contribution in [0.4, 0.5) is 0 Å². The number of methoxy groups -OCH3 is 2. The minimum absolute atomic E-state index is 0.160. The number of hydrogen-bond donors (Lipinski definition) is 1. The average molecular weight is 208 g/mol. The molecule has 0 saturated heterocycles. The largest absolute Gasteiger partial charge is 0.467 e. The van der Waals surface area contributed by atoms with Crippen LogP contribution in [0, 0.1) is 0 Å². The smallest absolute Gasteiger partial charge is 0.322 e. The summed E-state index contributed by atoms with van der Waals surface area (Å²) in [6, 6.07) is 0.321. The molecule has 0 aliphatic carbocycles. The van der Waals surface area contributed by atoms with E-state index in [9.17, 15) is 0 Å². The number of H-pyrrole nitrogens is 1. The molecule has 2 heterocycles. The van der Waals surface area contributed by atoms with Crippen LogP contribution in [-0.2, 0) is 0 Å². The molecular weight excluding hydrogens is 200 g/mol. The van der Waals surface area contributed by atoms with Gasteiger partial charge in [0, 0.05) is 0 Å². The van der Waals surface area contributed by atoms with Gasteiger partial charge in [0.15, 0.2) is 5.82 Å². The quantitative estimate of drug-likeness (QED) is 0.737. The van der Waals surface area contributed by atoms with Crippen molar-refractivity contribution < 1.29 is 9.47 Å². The Kier molecular flexibility index (Phi) is 2.40. The monoisotopic (exact) mass is 208 g/mol. The average Bonchev–Trinajstić information content (AvgIpc) is 2.81. The lowest BCUT2D eigenvalue weighted by Gasteiger charge is -2.02. The molecule has 0 aliphatic heterocycles. The van der Waals surface area contributed by atoms with Gasteiger partial charge in [-0.15, -0.1) is 4.98 Å². The molecule has 0 bridgehead atoms. The summed E-state index contributed by atoms with van der Waals surface area (Å²) in [5.41, 5.74) is 0. The molecule has 0 atom stereocenters. The van der Waals surface area contributed by atoms with Gasteiger partial charge in [-0.05, 0) is 0 Å². The van der Waals surface area contributed by atoms with Crippen molar-refractivity contribution in [3.8, 4) is 23.7 Å². The van der Waals surface area contributed by atoms with Crippen LogP contribution in [0.2, 0.25) is 0 Å². The Bertz CT molecular complexity index is 420. The van der Waals surface area contributed by atoms with Gasteiger partial charge in [0.25, 0.3) is 0 Å². The Morgan fingerprint density at radius 3 is 2.20 bits per heavy atom. The van der Waals surface area contributed by atoms with Gasteiger partial charge in [0.1, 0.15) is 6.33 Å². The second-order valence-corrected chi connectivity index (χ2v) is 2.47. The van der Waals surface area contributed by atoms with Crippen molar-refractivity contribution in [3.63, 3.8) is 0 Å². The fourth-order valence-corrected chi connectivity index (χ4v) is 0.940. The van der Waals surface area contributed by atoms with Crippen molar-refractivity contribution in [2.75, 3.05) is 14.2 Å². The van der Waals surface area contributed by atoms with E-state index in [1.807, 2.05) is 0 Å². The number of hydrogen-bond acceptors (Lipinski definition) is 7. The first-order valence-electron chi connectivity index (χ1n) is 4.03. The number of aromatic nitrogens is 6. The normalized spacial score (nSPS) is 10.0. The second kappa shape index (κ2) is 3.86. The summed E-state index contributed by atoms with van der Waals surface area (Å²) < 4.78 is 9.78. The van der Waals surface area contributed by atoms with E-state index in [0.717, 1.165) is 0 Å². The van der Waals surface area contributed by atoms with Crippen molar-refractivity contribution in [2.45, 2.75) is 0 Å². The third kappa shape index (κ3) is 1.82. The van der Waals surface area contributed by atoms with Gasteiger partial charge in [-0.1, -0.05) is 0 Å². The maximum absolute atomic E-state index is 4.89. The van der Waals surface area contributed by atoms with Crippen molar-refractivity contribution >= 4 is 0 Å². The van der Waals surface area contributed by atoms with Crippen LogP contribution in [0.5, 0.6) is 12.0 Å². The van der Waals surface area contributed by atoms with E-state index < -0.39 is 0 Å². The van der Waals surface area contributed by atoms with Gasteiger partial charge in [0.05, 0.1) is 14.2 Å². The van der Waals surface area contributed by atoms with Crippen molar-refractivity contribution in [1.82, 2.24) is 30.1 Å². The Morgan fingerprint density at radius 1 is 1.07 bits per heavy atom. The summed E-state index contributed by atoms with van der Waals surface area (Å²) in [5.74, 6) is 0.741. The molecule has 0 fully saturated rings. The fraction of sp³-hybridized carbons (Fsp3) is 0.286. The summed E-state index contributed by atoms with van der Waals surface area (Å²) >= 11 is 0. The van der Waals surface area contributed by atoms with E-state index in [2.05, 4.69) is 30.1 Å². The SMILES string of the molecule is COc1nc(OC)nc(-c2ncn[nH]2)n1. The third-order valence-corrected chi connectivity index (χ3v) is 1.59. The molecule has 2 aromatic rings. The van der Waals surface area contributed by atoms with Gasteiger partial charge in [-0.2, -0.15) is 15.1 Å². The standard InChI is InChI=1S/C7H8N6O2/c1-14-6-10-5(4-8-3-9-13-4)11-7(12-6)15-2/h3H,1-2H3,(H,8,9,13). The Labute approximate surface area is 84.7 Å². The highest BCUT2D eigenvalue weighted by atomic mass is 16.5. The van der Waals surface area contributed by atoms with E-state index in [-0.39, 0.29) is 12.0 Å². The third-order valence-electron chi connectivity index (χ3n) is 1.59. The van der Waals surface area contributed by atoms with Gasteiger partial charge in [-0.25, -0.2) is 4.98 Å². The molecule has 0 spiro atoms. The molecule has 8 heteroatoms. The zero-order chi connectivity index (χ0) is 10.7. The number of aromatic amines is 1. The Hall–Kier alpha value is -2.25. The molecule has 0 radical (unpaired) electrons. The van der Waals surface area contributed by atoms with E-state index in [1.54, 1.807) is 0 Å². The fourth-order valence-electron chi connectivity index (χ4n) is 0.940. The van der Waals surface area contributed by atoms with E-state index in [4.69, 9.17) is 9.47 Å². The molecule has 0 amide bonds. The van der Waals surface area contributed by atoms with Crippen molar-refractivity contribution in [1.29, 1.82) is 0 Å². The summed E-state index contributed by atoms with van der Waals surface area (Å²) in [7, 11) is 2.91. The molecule has 8 nitrogen and oxygen atoms in total. The van der Waals surface area contributed by atoms with Crippen LogP contribution in [0.1, 0.15) is 0 Å². The molecular formula is C7H8N6O2. The number of rotatable bonds is 3. The molecule has 2 rings (SSSR count). The van der Waals surface area contributed by atoms with Crippen LogP contribution in [0.15, 0.2) is 6.33 Å². The highest BCUT2D eigenvalue weighted by molar-refractivity contribution is 5.42. The van der Waals surface area contributed by atoms with Gasteiger partial charge in [-0.3, -0.25) is 5.10 Å². The number of nitrogens with one attached hydrogen (secondary N) is 1. The maximum Gasteiger partial charge on any atom is 0.322 e. The first-order valence-corrected chi connectivity index (χ1v) is 4.03. The highest BCUT2D eigenvalue weighted by Crippen LogP contribution is 2.14. The molecule has 15 heavy (non-hydrogen) atoms. The molecule has 2 aromatic heterocycles. The van der Waals surface area contributed by atoms with Gasteiger partial charge >= 0.3 is 12.0 Å². The highest BCUT2D eigenvalue weighted by Gasteiger charge is 2.10. The summed E-state index contributed by atoms with van der Waals surface area (Å²) in [6.45, 7) is 0. The summed E-state index contributed by atoms with van der Waals surface area (Å²) in [5, 5.41) is 6.32. The predicted molar refractivity (Wildman–Crippen MR) is 48.3 cm³/mol. The number of ether oxygens (including phenoxy) is 2. The van der Waals surface area contributed by atoms with Gasteiger partial charge in [0.2, 0.25) is 5.82 Å². The zero-order valence-electron chi connectivity index (χ0n) is 8.13. The predicted octanol–water partition coefficient (Wildman–Crippen LogP) is -0.326. The zero-order valence-corrected chi connectivity index (χ0v) is 8.13. The van der Waals surface area contributed by atoms with Crippen LogP contribution in [0.25, 0.3) is 11.6 Å². The summed E-state index contributed by atoms with van der Waals surface area (Å²) in [6.07, 6.45) is 1.36. The lowest BCUT2D eigenvalue weighted by molar-refractivity contribution is 0.341. The van der Waals surface area contributed by atoms with Gasteiger partial charge < -0.3 is 9.47 Å². The first-order chi connectivity index (χ1) is 7.33. The molecule has 0 aromatic carbocycles. The maximum atomic E-state index is 4.89. The van der Waals surface area contributed by atoms with Crippen LogP contribution in [-0.4, -0.2) is 44.4 Å². The molecule has 78 valence electrons. The first kappa shape index (κ1) is 9.31. The van der Waals surface area contributed by atoms with Crippen LogP contribution < -0.4 is 9.47 Å². The second-order valence-electron chi connectivity index (χ2n) is 2.47. The van der Waals surface area contributed by atoms with E-state index >= 15 is 0 Å². The lowest BCUT2D eigenvalue weighted by Crippen LogP contribution is -2.01. The molecule has 0 aliphatic rings. The Balaban J connectivity index is 2.47. The van der Waals surface area contributed by atoms with Crippen LogP contribution >= 0.6 is 0 Å². The van der Waals surface area contributed by atoms with E-state index in [1.165, 1.54) is 20.5 Å². The molecule has 0 saturated carbocycles. The minimum Gasteiger partial charge on any atom is -0.467 e. The van der Waals surface area contributed by atoms with Crippen LogP contribution in [0.3, 0.4) is 0 Å². The molecule has 1 N–H and O–H groups in total. The lowest BCUT2D eigenvalue weighted by atomic mass is 10.6. The molecule has 0 unspecified atom stereocenters. The topological polar surface area (TPSA) is 98.7 Å². The van der Waals surface area contributed by atoms with E-state index in [0.29, 0.717) is 11.6 Å².